The molecule has 0 bridgehead atoms. The number of thiazole rings is 1. The average molecular weight is 283 g/mol. The molecule has 0 aliphatic carbocycles. The summed E-state index contributed by atoms with van der Waals surface area (Å²) in [5.41, 5.74) is 6.45. The fourth-order valence-electron chi connectivity index (χ4n) is 1.97. The lowest BCUT2D eigenvalue weighted by molar-refractivity contribution is 0.0937. The van der Waals surface area contributed by atoms with Gasteiger partial charge in [0.2, 0.25) is 0 Å². The monoisotopic (exact) mass is 283 g/mol. The minimum absolute atomic E-state index is 0.0599. The maximum atomic E-state index is 12.1. The summed E-state index contributed by atoms with van der Waals surface area (Å²) < 4.78 is 0. The average Bonchev–Trinajstić information content (AvgIpc) is 2.66. The molecule has 108 valence electrons. The zero-order valence-electron chi connectivity index (χ0n) is 12.4. The SMILES string of the molecule is CCCCCC(C)(C)CNC(=O)c1sc(N)nc1C. The third kappa shape index (κ3) is 5.19. The standard InChI is InChI=1S/C14H25N3OS/c1-5-6-7-8-14(3,4)9-16-12(18)11-10(2)17-13(15)19-11/h5-9H2,1-4H3,(H2,15,17)(H,16,18). The van der Waals surface area contributed by atoms with Crippen LogP contribution in [0.3, 0.4) is 0 Å². The quantitative estimate of drug-likeness (QED) is 0.754. The molecule has 0 aromatic carbocycles. The number of carbonyl (C=O) groups is 1. The second-order valence-electron chi connectivity index (χ2n) is 5.77. The molecule has 1 heterocycles. The van der Waals surface area contributed by atoms with Gasteiger partial charge in [0.15, 0.2) is 5.13 Å². The van der Waals surface area contributed by atoms with Crippen LogP contribution in [0.5, 0.6) is 0 Å². The number of carbonyl (C=O) groups excluding carboxylic acids is 1. The van der Waals surface area contributed by atoms with Crippen molar-refractivity contribution in [1.29, 1.82) is 0 Å². The van der Waals surface area contributed by atoms with Gasteiger partial charge in [-0.25, -0.2) is 4.98 Å². The lowest BCUT2D eigenvalue weighted by Gasteiger charge is -2.24. The molecule has 0 unspecified atom stereocenters. The summed E-state index contributed by atoms with van der Waals surface area (Å²) >= 11 is 1.25. The first-order valence-electron chi connectivity index (χ1n) is 6.87. The van der Waals surface area contributed by atoms with Crippen molar-refractivity contribution >= 4 is 22.4 Å². The van der Waals surface area contributed by atoms with Crippen LogP contribution < -0.4 is 11.1 Å². The molecule has 1 rings (SSSR count). The van der Waals surface area contributed by atoms with Gasteiger partial charge >= 0.3 is 0 Å². The highest BCUT2D eigenvalue weighted by Crippen LogP contribution is 2.24. The van der Waals surface area contributed by atoms with Gasteiger partial charge in [-0.1, -0.05) is 51.4 Å². The number of nitrogen functional groups attached to an aromatic ring is 1. The maximum absolute atomic E-state index is 12.1. The molecule has 0 radical (unpaired) electrons. The van der Waals surface area contributed by atoms with E-state index in [9.17, 15) is 4.79 Å². The summed E-state index contributed by atoms with van der Waals surface area (Å²) in [5, 5.41) is 3.45. The smallest absolute Gasteiger partial charge is 0.263 e. The molecule has 1 aromatic heterocycles. The minimum atomic E-state index is -0.0599. The lowest BCUT2D eigenvalue weighted by Crippen LogP contribution is -2.33. The number of nitrogens with two attached hydrogens (primary N) is 1. The molecular formula is C14H25N3OS. The van der Waals surface area contributed by atoms with Crippen molar-refractivity contribution in [3.63, 3.8) is 0 Å². The Labute approximate surface area is 119 Å². The van der Waals surface area contributed by atoms with Crippen LogP contribution in [-0.4, -0.2) is 17.4 Å². The van der Waals surface area contributed by atoms with Gasteiger partial charge in [0.1, 0.15) is 4.88 Å². The van der Waals surface area contributed by atoms with E-state index in [2.05, 4.69) is 31.1 Å². The summed E-state index contributed by atoms with van der Waals surface area (Å²) in [7, 11) is 0. The van der Waals surface area contributed by atoms with E-state index in [0.717, 1.165) is 6.42 Å². The Balaban J connectivity index is 2.47. The molecular weight excluding hydrogens is 258 g/mol. The lowest BCUT2D eigenvalue weighted by atomic mass is 9.87. The molecule has 5 heteroatoms. The van der Waals surface area contributed by atoms with E-state index in [0.29, 0.717) is 22.2 Å². The van der Waals surface area contributed by atoms with Crippen LogP contribution in [-0.2, 0) is 0 Å². The summed E-state index contributed by atoms with van der Waals surface area (Å²) in [4.78, 5) is 16.8. The van der Waals surface area contributed by atoms with Crippen molar-refractivity contribution in [3.8, 4) is 0 Å². The molecule has 3 N–H and O–H groups in total. The maximum Gasteiger partial charge on any atom is 0.263 e. The summed E-state index contributed by atoms with van der Waals surface area (Å²) in [6.07, 6.45) is 4.82. The van der Waals surface area contributed by atoms with E-state index in [1.165, 1.54) is 30.6 Å². The van der Waals surface area contributed by atoms with E-state index in [4.69, 9.17) is 5.73 Å². The molecule has 1 aromatic rings. The first kappa shape index (κ1) is 16.0. The Morgan fingerprint density at radius 2 is 2.11 bits per heavy atom. The predicted molar refractivity (Wildman–Crippen MR) is 81.5 cm³/mol. The predicted octanol–water partition coefficient (Wildman–Crippen LogP) is 3.37. The summed E-state index contributed by atoms with van der Waals surface area (Å²) in [6, 6.07) is 0. The van der Waals surface area contributed by atoms with Crippen LogP contribution in [0.4, 0.5) is 5.13 Å². The van der Waals surface area contributed by atoms with Gasteiger partial charge in [0.05, 0.1) is 5.69 Å². The van der Waals surface area contributed by atoms with Crippen molar-refractivity contribution in [2.45, 2.75) is 53.4 Å². The Morgan fingerprint density at radius 1 is 1.42 bits per heavy atom. The van der Waals surface area contributed by atoms with E-state index >= 15 is 0 Å². The molecule has 0 saturated heterocycles. The highest BCUT2D eigenvalue weighted by Gasteiger charge is 2.20. The van der Waals surface area contributed by atoms with Gasteiger partial charge in [-0.3, -0.25) is 4.79 Å². The second kappa shape index (κ2) is 6.89. The van der Waals surface area contributed by atoms with E-state index in [-0.39, 0.29) is 11.3 Å². The normalized spacial score (nSPS) is 11.6. The van der Waals surface area contributed by atoms with Crippen LogP contribution >= 0.6 is 11.3 Å². The number of hydrogen-bond donors (Lipinski definition) is 2. The third-order valence-electron chi connectivity index (χ3n) is 3.20. The Bertz CT molecular complexity index is 426. The number of unbranched alkanes of at least 4 members (excludes halogenated alkanes) is 2. The van der Waals surface area contributed by atoms with Crippen LogP contribution in [0.15, 0.2) is 0 Å². The first-order chi connectivity index (χ1) is 8.85. The zero-order chi connectivity index (χ0) is 14.5. The molecule has 1 amide bonds. The number of nitrogens with one attached hydrogen (secondary N) is 1. The van der Waals surface area contributed by atoms with E-state index in [1.807, 2.05) is 6.92 Å². The van der Waals surface area contributed by atoms with Crippen molar-refractivity contribution in [2.75, 3.05) is 12.3 Å². The fourth-order valence-corrected chi connectivity index (χ4v) is 2.72. The summed E-state index contributed by atoms with van der Waals surface area (Å²) in [5.74, 6) is -0.0599. The van der Waals surface area contributed by atoms with Gasteiger partial charge in [-0.05, 0) is 18.8 Å². The van der Waals surface area contributed by atoms with Gasteiger partial charge in [-0.2, -0.15) is 0 Å². The van der Waals surface area contributed by atoms with Crippen molar-refractivity contribution in [1.82, 2.24) is 10.3 Å². The van der Waals surface area contributed by atoms with E-state index < -0.39 is 0 Å². The fraction of sp³-hybridized carbons (Fsp3) is 0.714. The van der Waals surface area contributed by atoms with Crippen LogP contribution in [0.2, 0.25) is 0 Å². The second-order valence-corrected chi connectivity index (χ2v) is 6.80. The van der Waals surface area contributed by atoms with Crippen molar-refractivity contribution in [2.24, 2.45) is 5.41 Å². The number of aromatic nitrogens is 1. The minimum Gasteiger partial charge on any atom is -0.375 e. The van der Waals surface area contributed by atoms with Gasteiger partial charge in [0, 0.05) is 6.54 Å². The van der Waals surface area contributed by atoms with Gasteiger partial charge in [0.25, 0.3) is 5.91 Å². The zero-order valence-corrected chi connectivity index (χ0v) is 13.2. The Hall–Kier alpha value is -1.10. The first-order valence-corrected chi connectivity index (χ1v) is 7.68. The highest BCUT2D eigenvalue weighted by molar-refractivity contribution is 7.17. The molecule has 0 spiro atoms. The topological polar surface area (TPSA) is 68.0 Å². The molecule has 0 fully saturated rings. The van der Waals surface area contributed by atoms with Crippen molar-refractivity contribution in [3.05, 3.63) is 10.6 Å². The Morgan fingerprint density at radius 3 is 2.63 bits per heavy atom. The Kier molecular flexibility index (Phi) is 5.79. The van der Waals surface area contributed by atoms with E-state index in [1.54, 1.807) is 0 Å². The molecule has 0 atom stereocenters. The van der Waals surface area contributed by atoms with Crippen LogP contribution in [0, 0.1) is 12.3 Å². The van der Waals surface area contributed by atoms with Gasteiger partial charge in [-0.15, -0.1) is 0 Å². The molecule has 0 saturated carbocycles. The van der Waals surface area contributed by atoms with Crippen molar-refractivity contribution < 1.29 is 4.79 Å². The number of nitrogens with zero attached hydrogens (tertiary/aromatic N) is 1. The van der Waals surface area contributed by atoms with Crippen LogP contribution in [0.25, 0.3) is 0 Å². The number of rotatable bonds is 7. The number of hydrogen-bond acceptors (Lipinski definition) is 4. The third-order valence-corrected chi connectivity index (χ3v) is 4.19. The molecule has 0 aliphatic rings. The molecule has 4 nitrogen and oxygen atoms in total. The summed E-state index contributed by atoms with van der Waals surface area (Å²) in [6.45, 7) is 9.08. The highest BCUT2D eigenvalue weighted by atomic mass is 32.1. The number of anilines is 1. The molecule has 0 aliphatic heterocycles. The largest absolute Gasteiger partial charge is 0.375 e. The van der Waals surface area contributed by atoms with Crippen LogP contribution in [0.1, 0.15) is 61.8 Å². The number of aryl methyl sites for hydroxylation is 1. The van der Waals surface area contributed by atoms with Gasteiger partial charge < -0.3 is 11.1 Å². The molecule has 19 heavy (non-hydrogen) atoms. The number of amides is 1.